The van der Waals surface area contributed by atoms with Gasteiger partial charge in [0, 0.05) is 36.3 Å². The molecular weight excluding hydrogens is 354 g/mol. The maximum absolute atomic E-state index is 13.3. The van der Waals surface area contributed by atoms with Gasteiger partial charge in [0.25, 0.3) is 0 Å². The first-order valence-corrected chi connectivity index (χ1v) is 9.91. The van der Waals surface area contributed by atoms with Gasteiger partial charge in [0.2, 0.25) is 10.0 Å². The van der Waals surface area contributed by atoms with E-state index in [0.29, 0.717) is 29.5 Å². The molecule has 4 nitrogen and oxygen atoms in total. The van der Waals surface area contributed by atoms with Crippen LogP contribution in [0.3, 0.4) is 0 Å². The SMILES string of the molecule is Cc1ccc(S(=O)(=O)NC[C@@H]2CCN(c3ccc(F)c(F)c3)C2)s1. The van der Waals surface area contributed by atoms with Crippen LogP contribution in [0.4, 0.5) is 14.5 Å². The minimum Gasteiger partial charge on any atom is -0.371 e. The van der Waals surface area contributed by atoms with Gasteiger partial charge in [-0.15, -0.1) is 11.3 Å². The van der Waals surface area contributed by atoms with Gasteiger partial charge in [0.1, 0.15) is 4.21 Å². The lowest BCUT2D eigenvalue weighted by Crippen LogP contribution is -2.30. The average Bonchev–Trinajstić information content (AvgIpc) is 3.17. The molecule has 1 atom stereocenters. The fourth-order valence-corrected chi connectivity index (χ4v) is 5.21. The van der Waals surface area contributed by atoms with Crippen LogP contribution in [0.5, 0.6) is 0 Å². The third-order valence-corrected chi connectivity index (χ3v) is 7.01. The van der Waals surface area contributed by atoms with E-state index < -0.39 is 21.7 Å². The molecule has 0 spiro atoms. The van der Waals surface area contributed by atoms with Crippen molar-refractivity contribution in [2.24, 2.45) is 5.92 Å². The number of rotatable bonds is 5. The van der Waals surface area contributed by atoms with E-state index in [0.717, 1.165) is 17.4 Å². The van der Waals surface area contributed by atoms with Crippen LogP contribution in [0.1, 0.15) is 11.3 Å². The highest BCUT2D eigenvalue weighted by Gasteiger charge is 2.25. The monoisotopic (exact) mass is 372 g/mol. The highest BCUT2D eigenvalue weighted by Crippen LogP contribution is 2.26. The van der Waals surface area contributed by atoms with E-state index >= 15 is 0 Å². The number of hydrogen-bond acceptors (Lipinski definition) is 4. The molecule has 0 saturated carbocycles. The lowest BCUT2D eigenvalue weighted by molar-refractivity contribution is 0.508. The number of halogens is 2. The maximum atomic E-state index is 13.3. The van der Waals surface area contributed by atoms with E-state index in [1.807, 2.05) is 11.8 Å². The molecule has 0 aliphatic carbocycles. The zero-order valence-electron chi connectivity index (χ0n) is 13.1. The molecule has 1 aliphatic heterocycles. The second-order valence-corrected chi connectivity index (χ2v) is 9.20. The van der Waals surface area contributed by atoms with Gasteiger partial charge in [-0.1, -0.05) is 0 Å². The Bertz CT molecular complexity index is 836. The second kappa shape index (κ2) is 6.78. The quantitative estimate of drug-likeness (QED) is 0.877. The first-order valence-electron chi connectivity index (χ1n) is 7.61. The lowest BCUT2D eigenvalue weighted by Gasteiger charge is -2.19. The number of anilines is 1. The molecular formula is C16H18F2N2O2S2. The van der Waals surface area contributed by atoms with E-state index in [1.54, 1.807) is 18.2 Å². The fourth-order valence-electron chi connectivity index (χ4n) is 2.77. The van der Waals surface area contributed by atoms with Gasteiger partial charge < -0.3 is 4.90 Å². The summed E-state index contributed by atoms with van der Waals surface area (Å²) in [5.41, 5.74) is 0.619. The van der Waals surface area contributed by atoms with Crippen LogP contribution >= 0.6 is 11.3 Å². The fraction of sp³-hybridized carbons (Fsp3) is 0.375. The Morgan fingerprint density at radius 1 is 1.25 bits per heavy atom. The van der Waals surface area contributed by atoms with Crippen molar-refractivity contribution >= 4 is 27.0 Å². The summed E-state index contributed by atoms with van der Waals surface area (Å²) in [6, 6.07) is 7.21. The third kappa shape index (κ3) is 3.76. The minimum atomic E-state index is -3.48. The summed E-state index contributed by atoms with van der Waals surface area (Å²) in [4.78, 5) is 2.89. The van der Waals surface area contributed by atoms with Gasteiger partial charge in [0.15, 0.2) is 11.6 Å². The molecule has 0 radical (unpaired) electrons. The predicted molar refractivity (Wildman–Crippen MR) is 90.9 cm³/mol. The Hall–Kier alpha value is -1.51. The summed E-state index contributed by atoms with van der Waals surface area (Å²) in [7, 11) is -3.48. The summed E-state index contributed by atoms with van der Waals surface area (Å²) in [5, 5.41) is 0. The number of hydrogen-bond donors (Lipinski definition) is 1. The summed E-state index contributed by atoms with van der Waals surface area (Å²) < 4.78 is 53.8. The molecule has 24 heavy (non-hydrogen) atoms. The van der Waals surface area contributed by atoms with Crippen LogP contribution in [0.2, 0.25) is 0 Å². The summed E-state index contributed by atoms with van der Waals surface area (Å²) in [5.74, 6) is -1.60. The highest BCUT2D eigenvalue weighted by molar-refractivity contribution is 7.91. The molecule has 1 aromatic heterocycles. The summed E-state index contributed by atoms with van der Waals surface area (Å²) in [6.45, 7) is 3.49. The zero-order chi connectivity index (χ0) is 17.3. The van der Waals surface area contributed by atoms with Crippen LogP contribution < -0.4 is 9.62 Å². The van der Waals surface area contributed by atoms with Crippen molar-refractivity contribution in [1.29, 1.82) is 0 Å². The molecule has 0 unspecified atom stereocenters. The van der Waals surface area contributed by atoms with Gasteiger partial charge in [-0.25, -0.2) is 21.9 Å². The number of thiophene rings is 1. The van der Waals surface area contributed by atoms with Gasteiger partial charge >= 0.3 is 0 Å². The van der Waals surface area contributed by atoms with Crippen molar-refractivity contribution < 1.29 is 17.2 Å². The Labute approximate surface area is 144 Å². The van der Waals surface area contributed by atoms with Gasteiger partial charge in [-0.3, -0.25) is 0 Å². The van der Waals surface area contributed by atoms with Crippen molar-refractivity contribution in [3.8, 4) is 0 Å². The second-order valence-electron chi connectivity index (χ2n) is 5.92. The minimum absolute atomic E-state index is 0.133. The van der Waals surface area contributed by atoms with E-state index in [2.05, 4.69) is 4.72 Å². The summed E-state index contributed by atoms with van der Waals surface area (Å²) >= 11 is 1.24. The smallest absolute Gasteiger partial charge is 0.250 e. The van der Waals surface area contributed by atoms with Crippen LogP contribution in [0, 0.1) is 24.5 Å². The number of aryl methyl sites for hydroxylation is 1. The number of nitrogens with zero attached hydrogens (tertiary/aromatic N) is 1. The van der Waals surface area contributed by atoms with Crippen molar-refractivity contribution in [3.05, 3.63) is 46.8 Å². The Kier molecular flexibility index (Phi) is 4.89. The van der Waals surface area contributed by atoms with Crippen LogP contribution in [0.15, 0.2) is 34.5 Å². The molecule has 0 amide bonds. The zero-order valence-corrected chi connectivity index (χ0v) is 14.8. The van der Waals surface area contributed by atoms with Crippen LogP contribution in [-0.2, 0) is 10.0 Å². The number of benzene rings is 1. The standard InChI is InChI=1S/C16H18F2N2O2S2/c1-11-2-5-16(23-11)24(21,22)19-9-12-6-7-20(10-12)13-3-4-14(17)15(18)8-13/h2-5,8,12,19H,6-7,9-10H2,1H3/t12-/m0/s1. The van der Waals surface area contributed by atoms with Gasteiger partial charge in [-0.2, -0.15) is 0 Å². The molecule has 2 heterocycles. The molecule has 2 aromatic rings. The van der Waals surface area contributed by atoms with E-state index in [1.165, 1.54) is 17.4 Å². The molecule has 1 fully saturated rings. The van der Waals surface area contributed by atoms with Crippen molar-refractivity contribution in [2.45, 2.75) is 17.6 Å². The Morgan fingerprint density at radius 2 is 2.04 bits per heavy atom. The van der Waals surface area contributed by atoms with Crippen LogP contribution in [-0.4, -0.2) is 28.1 Å². The average molecular weight is 372 g/mol. The molecule has 0 bridgehead atoms. The highest BCUT2D eigenvalue weighted by atomic mass is 32.2. The topological polar surface area (TPSA) is 49.4 Å². The van der Waals surface area contributed by atoms with Crippen molar-refractivity contribution in [1.82, 2.24) is 4.72 Å². The molecule has 3 rings (SSSR count). The number of nitrogens with one attached hydrogen (secondary N) is 1. The van der Waals surface area contributed by atoms with Crippen molar-refractivity contribution in [2.75, 3.05) is 24.5 Å². The first-order chi connectivity index (χ1) is 11.3. The summed E-state index contributed by atoms with van der Waals surface area (Å²) in [6.07, 6.45) is 0.797. The Balaban J connectivity index is 1.59. The van der Waals surface area contributed by atoms with E-state index in [4.69, 9.17) is 0 Å². The third-order valence-electron chi connectivity index (χ3n) is 4.10. The van der Waals surface area contributed by atoms with Gasteiger partial charge in [0.05, 0.1) is 0 Å². The molecule has 1 N–H and O–H groups in total. The molecule has 130 valence electrons. The normalized spacial score (nSPS) is 18.3. The van der Waals surface area contributed by atoms with E-state index in [9.17, 15) is 17.2 Å². The molecule has 1 aromatic carbocycles. The largest absolute Gasteiger partial charge is 0.371 e. The van der Waals surface area contributed by atoms with E-state index in [-0.39, 0.29) is 5.92 Å². The lowest BCUT2D eigenvalue weighted by atomic mass is 10.1. The van der Waals surface area contributed by atoms with Crippen LogP contribution in [0.25, 0.3) is 0 Å². The maximum Gasteiger partial charge on any atom is 0.250 e. The van der Waals surface area contributed by atoms with Gasteiger partial charge in [-0.05, 0) is 43.5 Å². The predicted octanol–water partition coefficient (Wildman–Crippen LogP) is 3.14. The molecule has 1 aliphatic rings. The Morgan fingerprint density at radius 3 is 2.71 bits per heavy atom. The number of sulfonamides is 1. The molecule has 8 heteroatoms. The molecule has 1 saturated heterocycles. The van der Waals surface area contributed by atoms with Crippen molar-refractivity contribution in [3.63, 3.8) is 0 Å². The first kappa shape index (κ1) is 17.3.